The van der Waals surface area contributed by atoms with E-state index in [4.69, 9.17) is 16.3 Å². The van der Waals surface area contributed by atoms with Crippen LogP contribution in [0.3, 0.4) is 0 Å². The first-order chi connectivity index (χ1) is 12.1. The lowest BCUT2D eigenvalue weighted by molar-refractivity contribution is 0.0496. The second-order valence-corrected chi connectivity index (χ2v) is 9.00. The predicted molar refractivity (Wildman–Crippen MR) is 115 cm³/mol. The number of nitrogens with one attached hydrogen (secondary N) is 1. The summed E-state index contributed by atoms with van der Waals surface area (Å²) in [5.74, 6) is 2.44. The van der Waals surface area contributed by atoms with Crippen LogP contribution in [0.2, 0.25) is 5.02 Å². The van der Waals surface area contributed by atoms with Gasteiger partial charge < -0.3 is 10.1 Å². The van der Waals surface area contributed by atoms with E-state index in [0.29, 0.717) is 8.58 Å². The molecule has 0 aromatic heterocycles. The zero-order chi connectivity index (χ0) is 19.7. The van der Waals surface area contributed by atoms with Crippen molar-refractivity contribution in [3.63, 3.8) is 0 Å². The van der Waals surface area contributed by atoms with E-state index < -0.39 is 5.60 Å². The Kier molecular flexibility index (Phi) is 9.39. The van der Waals surface area contributed by atoms with Crippen LogP contribution in [0.25, 0.3) is 0 Å². The molecule has 0 fully saturated rings. The average molecular weight is 396 g/mol. The van der Waals surface area contributed by atoms with E-state index >= 15 is 0 Å². The van der Waals surface area contributed by atoms with Crippen LogP contribution in [0.1, 0.15) is 40.2 Å². The molecule has 0 radical (unpaired) electrons. The molecular formula is C21H31ClNO2P. The van der Waals surface area contributed by atoms with Crippen LogP contribution in [-0.2, 0) is 11.2 Å². The SMILES string of the molecule is C=CCP/C=C(\C)C(Cc1ccc(Cl)cc1)C(C)NC(=O)OC(C)(C)C. The van der Waals surface area contributed by atoms with Gasteiger partial charge in [0.25, 0.3) is 0 Å². The monoisotopic (exact) mass is 395 g/mol. The summed E-state index contributed by atoms with van der Waals surface area (Å²) in [5.41, 5.74) is 1.95. The van der Waals surface area contributed by atoms with Crippen LogP contribution >= 0.6 is 20.2 Å². The third-order valence-electron chi connectivity index (χ3n) is 3.89. The minimum atomic E-state index is -0.508. The number of allylic oxidation sites excluding steroid dienone is 1. The number of carbonyl (C=O) groups excluding carboxylic acids is 1. The van der Waals surface area contributed by atoms with Gasteiger partial charge in [-0.05, 0) is 64.9 Å². The van der Waals surface area contributed by atoms with Gasteiger partial charge in [0.15, 0.2) is 0 Å². The first-order valence-corrected chi connectivity index (χ1v) is 10.5. The van der Waals surface area contributed by atoms with Gasteiger partial charge in [-0.2, -0.15) is 0 Å². The number of ether oxygens (including phenoxy) is 1. The normalized spacial score (nSPS) is 14.9. The summed E-state index contributed by atoms with van der Waals surface area (Å²) in [6.45, 7) is 13.5. The fourth-order valence-corrected chi connectivity index (χ4v) is 3.56. The summed E-state index contributed by atoms with van der Waals surface area (Å²) in [6, 6.07) is 7.82. The van der Waals surface area contributed by atoms with Crippen molar-refractivity contribution in [1.82, 2.24) is 5.32 Å². The van der Waals surface area contributed by atoms with Crippen LogP contribution < -0.4 is 5.32 Å². The number of hydrogen-bond donors (Lipinski definition) is 1. The Balaban J connectivity index is 2.90. The molecule has 0 saturated heterocycles. The van der Waals surface area contributed by atoms with Crippen LogP contribution in [0.15, 0.2) is 48.3 Å². The van der Waals surface area contributed by atoms with E-state index in [-0.39, 0.29) is 18.1 Å². The van der Waals surface area contributed by atoms with Crippen LogP contribution in [0.4, 0.5) is 4.79 Å². The highest BCUT2D eigenvalue weighted by molar-refractivity contribution is 7.41. The highest BCUT2D eigenvalue weighted by Crippen LogP contribution is 2.26. The molecule has 0 saturated carbocycles. The first kappa shape index (κ1) is 22.7. The third-order valence-corrected chi connectivity index (χ3v) is 5.33. The van der Waals surface area contributed by atoms with Crippen LogP contribution in [-0.4, -0.2) is 23.9 Å². The Labute approximate surface area is 165 Å². The summed E-state index contributed by atoms with van der Waals surface area (Å²) in [6.07, 6.45) is 3.35. The molecule has 3 nitrogen and oxygen atoms in total. The van der Waals surface area contributed by atoms with E-state index in [2.05, 4.69) is 24.6 Å². The van der Waals surface area contributed by atoms with E-state index in [1.807, 2.05) is 58.0 Å². The summed E-state index contributed by atoms with van der Waals surface area (Å²) < 4.78 is 5.40. The molecule has 0 bridgehead atoms. The zero-order valence-corrected chi connectivity index (χ0v) is 18.2. The number of rotatable bonds is 8. The van der Waals surface area contributed by atoms with Crippen molar-refractivity contribution >= 4 is 26.3 Å². The van der Waals surface area contributed by atoms with Gasteiger partial charge in [0.1, 0.15) is 5.60 Å². The molecule has 5 heteroatoms. The van der Waals surface area contributed by atoms with Gasteiger partial charge in [-0.25, -0.2) is 4.79 Å². The third kappa shape index (κ3) is 8.87. The van der Waals surface area contributed by atoms with E-state index in [0.717, 1.165) is 17.6 Å². The summed E-state index contributed by atoms with van der Waals surface area (Å²) in [7, 11) is 0.699. The molecule has 1 aromatic carbocycles. The predicted octanol–water partition coefficient (Wildman–Crippen LogP) is 6.18. The van der Waals surface area contributed by atoms with Gasteiger partial charge >= 0.3 is 6.09 Å². The lowest BCUT2D eigenvalue weighted by Gasteiger charge is -2.28. The first-order valence-electron chi connectivity index (χ1n) is 8.87. The Morgan fingerprint density at radius 3 is 2.50 bits per heavy atom. The highest BCUT2D eigenvalue weighted by atomic mass is 35.5. The van der Waals surface area contributed by atoms with Crippen molar-refractivity contribution in [3.8, 4) is 0 Å². The van der Waals surface area contributed by atoms with E-state index in [1.54, 1.807) is 0 Å². The van der Waals surface area contributed by atoms with Gasteiger partial charge in [-0.15, -0.1) is 6.58 Å². The minimum absolute atomic E-state index is 0.0506. The molecule has 1 aromatic rings. The number of benzene rings is 1. The Morgan fingerprint density at radius 2 is 1.96 bits per heavy atom. The Morgan fingerprint density at radius 1 is 1.35 bits per heavy atom. The highest BCUT2D eigenvalue weighted by Gasteiger charge is 2.24. The van der Waals surface area contributed by atoms with Crippen molar-refractivity contribution < 1.29 is 9.53 Å². The molecule has 0 aliphatic rings. The molecule has 26 heavy (non-hydrogen) atoms. The van der Waals surface area contributed by atoms with Gasteiger partial charge in [0.05, 0.1) is 0 Å². The number of carbonyl (C=O) groups is 1. The van der Waals surface area contributed by atoms with Crippen molar-refractivity contribution in [3.05, 3.63) is 58.9 Å². The molecule has 3 unspecified atom stereocenters. The molecule has 0 aliphatic heterocycles. The van der Waals surface area contributed by atoms with E-state index in [1.165, 1.54) is 11.1 Å². The second kappa shape index (κ2) is 10.7. The summed E-state index contributed by atoms with van der Waals surface area (Å²) in [5, 5.41) is 3.72. The fraction of sp³-hybridized carbons (Fsp3) is 0.476. The maximum absolute atomic E-state index is 12.2. The topological polar surface area (TPSA) is 38.3 Å². The minimum Gasteiger partial charge on any atom is -0.444 e. The van der Waals surface area contributed by atoms with Crippen molar-refractivity contribution in [1.29, 1.82) is 0 Å². The lowest BCUT2D eigenvalue weighted by atomic mass is 9.88. The van der Waals surface area contributed by atoms with Gasteiger partial charge in [0, 0.05) is 17.0 Å². The molecule has 0 heterocycles. The molecule has 0 spiro atoms. The van der Waals surface area contributed by atoms with Crippen molar-refractivity contribution in [2.45, 2.75) is 52.7 Å². The number of amides is 1. The maximum Gasteiger partial charge on any atom is 0.407 e. The van der Waals surface area contributed by atoms with Crippen molar-refractivity contribution in [2.75, 3.05) is 6.16 Å². The summed E-state index contributed by atoms with van der Waals surface area (Å²) >= 11 is 5.99. The molecule has 0 aliphatic carbocycles. The molecule has 1 rings (SSSR count). The summed E-state index contributed by atoms with van der Waals surface area (Å²) in [4.78, 5) is 12.2. The molecule has 1 N–H and O–H groups in total. The average Bonchev–Trinajstić information content (AvgIpc) is 2.52. The smallest absolute Gasteiger partial charge is 0.407 e. The number of alkyl carbamates (subject to hydrolysis) is 1. The second-order valence-electron chi connectivity index (χ2n) is 7.46. The van der Waals surface area contributed by atoms with Crippen LogP contribution in [0, 0.1) is 5.92 Å². The van der Waals surface area contributed by atoms with Gasteiger partial charge in [0.2, 0.25) is 0 Å². The molecular weight excluding hydrogens is 365 g/mol. The molecule has 144 valence electrons. The fourth-order valence-electron chi connectivity index (χ4n) is 2.61. The lowest BCUT2D eigenvalue weighted by Crippen LogP contribution is -2.42. The maximum atomic E-state index is 12.2. The number of halogens is 1. The Hall–Kier alpha value is -1.31. The molecule has 3 atom stereocenters. The Bertz CT molecular complexity index is 620. The van der Waals surface area contributed by atoms with E-state index in [9.17, 15) is 4.79 Å². The number of hydrogen-bond acceptors (Lipinski definition) is 2. The van der Waals surface area contributed by atoms with Gasteiger partial charge in [-0.3, -0.25) is 0 Å². The van der Waals surface area contributed by atoms with Crippen LogP contribution in [0.5, 0.6) is 0 Å². The largest absolute Gasteiger partial charge is 0.444 e. The zero-order valence-electron chi connectivity index (χ0n) is 16.4. The van der Waals surface area contributed by atoms with Crippen molar-refractivity contribution in [2.24, 2.45) is 5.92 Å². The molecule has 1 amide bonds. The quantitative estimate of drug-likeness (QED) is 0.324. The van der Waals surface area contributed by atoms with Gasteiger partial charge in [-0.1, -0.05) is 49.8 Å². The standard InChI is InChI=1S/C21H31ClNO2P/c1-7-12-26-14-15(2)19(13-17-8-10-18(22)11-9-17)16(3)23-20(24)25-21(4,5)6/h7-11,14,16,19,26H,1,12-13H2,2-6H3,(H,23,24)/b15-14+.